The highest BCUT2D eigenvalue weighted by molar-refractivity contribution is 5.43. The van der Waals surface area contributed by atoms with Gasteiger partial charge < -0.3 is 9.47 Å². The van der Waals surface area contributed by atoms with Crippen LogP contribution in [0.4, 0.5) is 0 Å². The molecule has 2 atom stereocenters. The van der Waals surface area contributed by atoms with Crippen LogP contribution in [-0.4, -0.2) is 12.2 Å². The predicted octanol–water partition coefficient (Wildman–Crippen LogP) is 2.32. The van der Waals surface area contributed by atoms with Crippen molar-refractivity contribution in [3.05, 3.63) is 48.6 Å². The van der Waals surface area contributed by atoms with E-state index in [0.29, 0.717) is 0 Å². The molecule has 2 aliphatic rings. The van der Waals surface area contributed by atoms with Crippen LogP contribution >= 0.6 is 0 Å². The fourth-order valence-electron chi connectivity index (χ4n) is 1.72. The van der Waals surface area contributed by atoms with Gasteiger partial charge in [0.2, 0.25) is 0 Å². The number of para-hydroxylation sites is 2. The molecule has 70 valence electrons. The van der Waals surface area contributed by atoms with E-state index in [1.54, 1.807) is 0 Å². The summed E-state index contributed by atoms with van der Waals surface area (Å²) in [6, 6.07) is 7.76. The minimum absolute atomic E-state index is 0.0231. The zero-order valence-electron chi connectivity index (χ0n) is 7.59. The number of hydrogen-bond acceptors (Lipinski definition) is 2. The van der Waals surface area contributed by atoms with E-state index in [-0.39, 0.29) is 12.2 Å². The molecule has 2 unspecified atom stereocenters. The lowest BCUT2D eigenvalue weighted by Crippen LogP contribution is -2.37. The van der Waals surface area contributed by atoms with Crippen LogP contribution in [0, 0.1) is 0 Å². The molecule has 0 radical (unpaired) electrons. The van der Waals surface area contributed by atoms with Gasteiger partial charge >= 0.3 is 0 Å². The summed E-state index contributed by atoms with van der Waals surface area (Å²) in [5.41, 5.74) is 0. The van der Waals surface area contributed by atoms with Gasteiger partial charge in [-0.25, -0.2) is 0 Å². The highest BCUT2D eigenvalue weighted by Crippen LogP contribution is 2.34. The van der Waals surface area contributed by atoms with Crippen LogP contribution in [0.1, 0.15) is 0 Å². The van der Waals surface area contributed by atoms with Crippen LogP contribution in [0.5, 0.6) is 11.5 Å². The van der Waals surface area contributed by atoms with Crippen LogP contribution in [0.15, 0.2) is 48.6 Å². The molecule has 0 saturated carbocycles. The Hall–Kier alpha value is -1.70. The first-order chi connectivity index (χ1) is 6.93. The lowest BCUT2D eigenvalue weighted by Gasteiger charge is -2.31. The maximum Gasteiger partial charge on any atom is 0.162 e. The fourth-order valence-corrected chi connectivity index (χ4v) is 1.72. The van der Waals surface area contributed by atoms with E-state index in [9.17, 15) is 0 Å². The zero-order valence-corrected chi connectivity index (χ0v) is 7.59. The Balaban J connectivity index is 2.00. The monoisotopic (exact) mass is 186 g/mol. The van der Waals surface area contributed by atoms with Crippen molar-refractivity contribution in [2.45, 2.75) is 12.2 Å². The Morgan fingerprint density at radius 2 is 1.29 bits per heavy atom. The molecule has 0 bridgehead atoms. The maximum atomic E-state index is 5.77. The number of benzene rings is 1. The average molecular weight is 186 g/mol. The van der Waals surface area contributed by atoms with Gasteiger partial charge in [0.1, 0.15) is 0 Å². The molecule has 2 nitrogen and oxygen atoms in total. The molecule has 0 amide bonds. The smallest absolute Gasteiger partial charge is 0.162 e. The lowest BCUT2D eigenvalue weighted by molar-refractivity contribution is 0.0756. The van der Waals surface area contributed by atoms with Crippen LogP contribution < -0.4 is 9.47 Å². The summed E-state index contributed by atoms with van der Waals surface area (Å²) in [5, 5.41) is 0. The minimum atomic E-state index is 0.0231. The summed E-state index contributed by atoms with van der Waals surface area (Å²) in [7, 11) is 0. The highest BCUT2D eigenvalue weighted by atomic mass is 16.6. The summed E-state index contributed by atoms with van der Waals surface area (Å²) >= 11 is 0. The highest BCUT2D eigenvalue weighted by Gasteiger charge is 2.28. The molecule has 1 aromatic rings. The largest absolute Gasteiger partial charge is 0.478 e. The Bertz CT molecular complexity index is 368. The summed E-state index contributed by atoms with van der Waals surface area (Å²) in [5.74, 6) is 1.66. The molecule has 14 heavy (non-hydrogen) atoms. The average Bonchev–Trinajstić information content (AvgIpc) is 2.26. The molecule has 0 spiro atoms. The van der Waals surface area contributed by atoms with Crippen molar-refractivity contribution < 1.29 is 9.47 Å². The quantitative estimate of drug-likeness (QED) is 0.619. The molecule has 0 saturated heterocycles. The summed E-state index contributed by atoms with van der Waals surface area (Å²) in [6.45, 7) is 0. The van der Waals surface area contributed by atoms with E-state index in [1.807, 2.05) is 48.6 Å². The molecule has 0 aromatic heterocycles. The van der Waals surface area contributed by atoms with Crippen molar-refractivity contribution in [3.63, 3.8) is 0 Å². The zero-order chi connectivity index (χ0) is 9.38. The number of rotatable bonds is 0. The van der Waals surface area contributed by atoms with Gasteiger partial charge in [-0.3, -0.25) is 0 Å². The number of fused-ring (bicyclic) bond motifs is 2. The molecule has 3 rings (SSSR count). The van der Waals surface area contributed by atoms with Crippen LogP contribution in [-0.2, 0) is 0 Å². The molecule has 0 N–H and O–H groups in total. The Morgan fingerprint density at radius 1 is 0.786 bits per heavy atom. The van der Waals surface area contributed by atoms with Gasteiger partial charge in [-0.1, -0.05) is 24.3 Å². The van der Waals surface area contributed by atoms with E-state index in [2.05, 4.69) is 0 Å². The second kappa shape index (κ2) is 2.91. The molecule has 1 heterocycles. The van der Waals surface area contributed by atoms with Gasteiger partial charge in [0.05, 0.1) is 0 Å². The molecule has 0 fully saturated rings. The summed E-state index contributed by atoms with van der Waals surface area (Å²) in [4.78, 5) is 0. The van der Waals surface area contributed by atoms with Crippen LogP contribution in [0.3, 0.4) is 0 Å². The molecular formula is C12H10O2. The molecule has 1 aliphatic heterocycles. The van der Waals surface area contributed by atoms with Gasteiger partial charge in [0, 0.05) is 0 Å². The van der Waals surface area contributed by atoms with Crippen LogP contribution in [0.25, 0.3) is 0 Å². The van der Waals surface area contributed by atoms with E-state index < -0.39 is 0 Å². The van der Waals surface area contributed by atoms with Crippen molar-refractivity contribution in [2.24, 2.45) is 0 Å². The second-order valence-corrected chi connectivity index (χ2v) is 3.38. The van der Waals surface area contributed by atoms with E-state index in [4.69, 9.17) is 9.47 Å². The Morgan fingerprint density at radius 3 is 1.79 bits per heavy atom. The first kappa shape index (κ1) is 7.68. The molecule has 1 aliphatic carbocycles. The van der Waals surface area contributed by atoms with Crippen LogP contribution in [0.2, 0.25) is 0 Å². The third-order valence-electron chi connectivity index (χ3n) is 2.41. The van der Waals surface area contributed by atoms with Gasteiger partial charge in [-0.05, 0) is 24.3 Å². The SMILES string of the molecule is C1=CC2Oc3ccccc3OC2C=C1. The first-order valence-electron chi connectivity index (χ1n) is 4.71. The molecule has 1 aromatic carbocycles. The van der Waals surface area contributed by atoms with E-state index >= 15 is 0 Å². The topological polar surface area (TPSA) is 18.5 Å². The van der Waals surface area contributed by atoms with Gasteiger partial charge in [-0.15, -0.1) is 0 Å². The van der Waals surface area contributed by atoms with E-state index in [0.717, 1.165) is 11.5 Å². The van der Waals surface area contributed by atoms with Gasteiger partial charge in [0.25, 0.3) is 0 Å². The maximum absolute atomic E-state index is 5.77. The lowest BCUT2D eigenvalue weighted by atomic mass is 10.1. The third kappa shape index (κ3) is 1.11. The molecular weight excluding hydrogens is 176 g/mol. The number of allylic oxidation sites excluding steroid dienone is 2. The van der Waals surface area contributed by atoms with Gasteiger partial charge in [0.15, 0.2) is 23.7 Å². The predicted molar refractivity (Wildman–Crippen MR) is 53.6 cm³/mol. The van der Waals surface area contributed by atoms with Gasteiger partial charge in [-0.2, -0.15) is 0 Å². The first-order valence-corrected chi connectivity index (χ1v) is 4.71. The van der Waals surface area contributed by atoms with Crippen molar-refractivity contribution >= 4 is 0 Å². The number of ether oxygens (including phenoxy) is 2. The van der Waals surface area contributed by atoms with Crippen molar-refractivity contribution in [1.29, 1.82) is 0 Å². The summed E-state index contributed by atoms with van der Waals surface area (Å²) in [6.07, 6.45) is 8.04. The minimum Gasteiger partial charge on any atom is -0.478 e. The fraction of sp³-hybridized carbons (Fsp3) is 0.167. The summed E-state index contributed by atoms with van der Waals surface area (Å²) < 4.78 is 11.5. The third-order valence-corrected chi connectivity index (χ3v) is 2.41. The standard InChI is InChI=1S/C12H10O2/c1-2-6-10-9(5-1)13-11-7-3-4-8-12(11)14-10/h1-10H. The normalized spacial score (nSPS) is 27.1. The molecule has 2 heteroatoms. The van der Waals surface area contributed by atoms with Crippen molar-refractivity contribution in [3.8, 4) is 11.5 Å². The van der Waals surface area contributed by atoms with Crippen molar-refractivity contribution in [1.82, 2.24) is 0 Å². The van der Waals surface area contributed by atoms with Crippen molar-refractivity contribution in [2.75, 3.05) is 0 Å². The Kier molecular flexibility index (Phi) is 1.60. The second-order valence-electron chi connectivity index (χ2n) is 3.38. The Labute approximate surface area is 82.5 Å². The number of hydrogen-bond donors (Lipinski definition) is 0. The van der Waals surface area contributed by atoms with E-state index in [1.165, 1.54) is 0 Å².